The van der Waals surface area contributed by atoms with E-state index in [1.54, 1.807) is 11.8 Å². The maximum atomic E-state index is 5.51. The van der Waals surface area contributed by atoms with E-state index in [9.17, 15) is 0 Å². The van der Waals surface area contributed by atoms with Gasteiger partial charge in [-0.3, -0.25) is 4.68 Å². The minimum atomic E-state index is 0.233. The number of nitrogens with zero attached hydrogens (tertiary/aromatic N) is 3. The molecule has 0 amide bonds. The van der Waals surface area contributed by atoms with Crippen LogP contribution < -0.4 is 5.32 Å². The second-order valence-corrected chi connectivity index (χ2v) is 4.05. The van der Waals surface area contributed by atoms with E-state index in [1.807, 2.05) is 20.3 Å². The molecule has 5 nitrogen and oxygen atoms in total. The second-order valence-electron chi connectivity index (χ2n) is 4.05. The summed E-state index contributed by atoms with van der Waals surface area (Å²) >= 11 is 0. The summed E-state index contributed by atoms with van der Waals surface area (Å²) in [7, 11) is 5.61. The average molecular weight is 226 g/mol. The summed E-state index contributed by atoms with van der Waals surface area (Å²) in [5.41, 5.74) is 1.00. The standard InChI is InChI=1S/C11H22N4O/c1-5-6-11(16-4)10(12-2)7-9-8-15(3)14-13-9/h8,10-12H,5-7H2,1-4H3. The van der Waals surface area contributed by atoms with Gasteiger partial charge in [-0.2, -0.15) is 0 Å². The summed E-state index contributed by atoms with van der Waals surface area (Å²) in [6.45, 7) is 2.17. The summed E-state index contributed by atoms with van der Waals surface area (Å²) in [6, 6.07) is 0.293. The Morgan fingerprint density at radius 3 is 2.75 bits per heavy atom. The van der Waals surface area contributed by atoms with E-state index < -0.39 is 0 Å². The second kappa shape index (κ2) is 6.60. The zero-order valence-corrected chi connectivity index (χ0v) is 10.6. The van der Waals surface area contributed by atoms with E-state index in [2.05, 4.69) is 22.6 Å². The first-order valence-corrected chi connectivity index (χ1v) is 5.76. The zero-order valence-electron chi connectivity index (χ0n) is 10.6. The first kappa shape index (κ1) is 13.1. The van der Waals surface area contributed by atoms with Crippen molar-refractivity contribution in [3.05, 3.63) is 11.9 Å². The Morgan fingerprint density at radius 1 is 1.56 bits per heavy atom. The Hall–Kier alpha value is -0.940. The van der Waals surface area contributed by atoms with Crippen LogP contribution in [0, 0.1) is 0 Å². The van der Waals surface area contributed by atoms with Crippen LogP contribution in [0.2, 0.25) is 0 Å². The molecule has 1 N–H and O–H groups in total. The third-order valence-corrected chi connectivity index (χ3v) is 2.77. The lowest BCUT2D eigenvalue weighted by Gasteiger charge is -2.24. The predicted octanol–water partition coefficient (Wildman–Crippen LogP) is 0.761. The molecule has 0 aliphatic rings. The van der Waals surface area contributed by atoms with Crippen molar-refractivity contribution in [2.45, 2.75) is 38.3 Å². The van der Waals surface area contributed by atoms with Gasteiger partial charge in [-0.1, -0.05) is 18.6 Å². The van der Waals surface area contributed by atoms with E-state index in [1.165, 1.54) is 0 Å². The number of ether oxygens (including phenoxy) is 1. The van der Waals surface area contributed by atoms with Gasteiger partial charge in [0.2, 0.25) is 0 Å². The van der Waals surface area contributed by atoms with Crippen LogP contribution in [0.4, 0.5) is 0 Å². The van der Waals surface area contributed by atoms with Gasteiger partial charge in [-0.15, -0.1) is 5.10 Å². The molecule has 0 aliphatic heterocycles. The van der Waals surface area contributed by atoms with E-state index >= 15 is 0 Å². The van der Waals surface area contributed by atoms with Crippen LogP contribution in [0.5, 0.6) is 0 Å². The van der Waals surface area contributed by atoms with Crippen LogP contribution in [0.15, 0.2) is 6.20 Å². The number of methoxy groups -OCH3 is 1. The highest BCUT2D eigenvalue weighted by Crippen LogP contribution is 2.10. The summed E-state index contributed by atoms with van der Waals surface area (Å²) in [5.74, 6) is 0. The quantitative estimate of drug-likeness (QED) is 0.746. The van der Waals surface area contributed by atoms with Gasteiger partial charge >= 0.3 is 0 Å². The van der Waals surface area contributed by atoms with Gasteiger partial charge in [0.1, 0.15) is 0 Å². The van der Waals surface area contributed by atoms with Gasteiger partial charge in [0.25, 0.3) is 0 Å². The molecule has 0 bridgehead atoms. The molecule has 2 atom stereocenters. The van der Waals surface area contributed by atoms with Crippen molar-refractivity contribution in [2.75, 3.05) is 14.2 Å². The van der Waals surface area contributed by atoms with Gasteiger partial charge in [0.15, 0.2) is 0 Å². The third-order valence-electron chi connectivity index (χ3n) is 2.77. The lowest BCUT2D eigenvalue weighted by Crippen LogP contribution is -2.40. The number of likely N-dealkylation sites (N-methyl/N-ethyl adjacent to an activating group) is 1. The summed E-state index contributed by atoms with van der Waals surface area (Å²) < 4.78 is 7.23. The van der Waals surface area contributed by atoms with E-state index in [0.29, 0.717) is 6.04 Å². The van der Waals surface area contributed by atoms with Crippen molar-refractivity contribution in [2.24, 2.45) is 7.05 Å². The zero-order chi connectivity index (χ0) is 12.0. The van der Waals surface area contributed by atoms with E-state index in [-0.39, 0.29) is 6.10 Å². The van der Waals surface area contributed by atoms with Crippen molar-refractivity contribution in [3.63, 3.8) is 0 Å². The average Bonchev–Trinajstić information content (AvgIpc) is 2.69. The van der Waals surface area contributed by atoms with Crippen molar-refractivity contribution >= 4 is 0 Å². The highest BCUT2D eigenvalue weighted by molar-refractivity contribution is 4.97. The van der Waals surface area contributed by atoms with Crippen LogP contribution in [0.3, 0.4) is 0 Å². The molecular weight excluding hydrogens is 204 g/mol. The summed E-state index contributed by atoms with van der Waals surface area (Å²) in [6.07, 6.45) is 5.21. The number of hydrogen-bond acceptors (Lipinski definition) is 4. The van der Waals surface area contributed by atoms with Crippen molar-refractivity contribution in [1.29, 1.82) is 0 Å². The molecule has 2 unspecified atom stereocenters. The monoisotopic (exact) mass is 226 g/mol. The molecule has 92 valence electrons. The Kier molecular flexibility index (Phi) is 5.42. The molecule has 0 spiro atoms. The molecule has 0 aromatic carbocycles. The normalized spacial score (nSPS) is 15.0. The molecule has 16 heavy (non-hydrogen) atoms. The van der Waals surface area contributed by atoms with E-state index in [0.717, 1.165) is 25.0 Å². The number of aryl methyl sites for hydroxylation is 1. The Bertz CT molecular complexity index is 300. The molecule has 0 fully saturated rings. The van der Waals surface area contributed by atoms with Crippen molar-refractivity contribution in [3.8, 4) is 0 Å². The molecule has 1 rings (SSSR count). The minimum Gasteiger partial charge on any atom is -0.380 e. The molecule has 1 aromatic heterocycles. The Labute approximate surface area is 97.2 Å². The molecule has 1 heterocycles. The fourth-order valence-corrected chi connectivity index (χ4v) is 1.90. The lowest BCUT2D eigenvalue weighted by atomic mass is 10.0. The first-order valence-electron chi connectivity index (χ1n) is 5.76. The fourth-order valence-electron chi connectivity index (χ4n) is 1.90. The van der Waals surface area contributed by atoms with Crippen LogP contribution in [-0.4, -0.2) is 41.3 Å². The topological polar surface area (TPSA) is 52.0 Å². The van der Waals surface area contributed by atoms with E-state index in [4.69, 9.17) is 4.74 Å². The number of hydrogen-bond donors (Lipinski definition) is 1. The van der Waals surface area contributed by atoms with Gasteiger partial charge in [0.05, 0.1) is 11.8 Å². The smallest absolute Gasteiger partial charge is 0.0843 e. The first-order chi connectivity index (χ1) is 7.71. The van der Waals surface area contributed by atoms with Crippen LogP contribution >= 0.6 is 0 Å². The molecular formula is C11H22N4O. The van der Waals surface area contributed by atoms with Crippen LogP contribution in [0.1, 0.15) is 25.5 Å². The predicted molar refractivity (Wildman–Crippen MR) is 63.3 cm³/mol. The minimum absolute atomic E-state index is 0.233. The van der Waals surface area contributed by atoms with Gasteiger partial charge in [-0.05, 0) is 13.5 Å². The highest BCUT2D eigenvalue weighted by Gasteiger charge is 2.20. The van der Waals surface area contributed by atoms with Crippen LogP contribution in [-0.2, 0) is 18.2 Å². The highest BCUT2D eigenvalue weighted by atomic mass is 16.5. The molecule has 0 aliphatic carbocycles. The molecule has 0 radical (unpaired) electrons. The molecule has 0 saturated carbocycles. The van der Waals surface area contributed by atoms with Gasteiger partial charge < -0.3 is 10.1 Å². The summed E-state index contributed by atoms with van der Waals surface area (Å²) in [4.78, 5) is 0. The SMILES string of the molecule is CCCC(OC)C(Cc1cn(C)nn1)NC. The Morgan fingerprint density at radius 2 is 2.31 bits per heavy atom. The fraction of sp³-hybridized carbons (Fsp3) is 0.818. The van der Waals surface area contributed by atoms with Crippen molar-refractivity contribution < 1.29 is 4.74 Å². The number of nitrogens with one attached hydrogen (secondary N) is 1. The summed E-state index contributed by atoms with van der Waals surface area (Å²) in [5, 5.41) is 11.3. The van der Waals surface area contributed by atoms with Crippen molar-refractivity contribution in [1.82, 2.24) is 20.3 Å². The third kappa shape index (κ3) is 3.57. The maximum Gasteiger partial charge on any atom is 0.0843 e. The van der Waals surface area contributed by atoms with Gasteiger partial charge in [0, 0.05) is 32.8 Å². The maximum absolute atomic E-state index is 5.51. The molecule has 0 saturated heterocycles. The number of aromatic nitrogens is 3. The molecule has 1 aromatic rings. The Balaban J connectivity index is 2.59. The van der Waals surface area contributed by atoms with Gasteiger partial charge in [-0.25, -0.2) is 0 Å². The number of rotatable bonds is 7. The largest absolute Gasteiger partial charge is 0.380 e. The van der Waals surface area contributed by atoms with Crippen LogP contribution in [0.25, 0.3) is 0 Å². The molecule has 5 heteroatoms. The lowest BCUT2D eigenvalue weighted by molar-refractivity contribution is 0.0630.